The Hall–Kier alpha value is -0.755. The smallest absolute Gasteiger partial charge is 0.139 e. The Balaban J connectivity index is 2.43. The highest BCUT2D eigenvalue weighted by Gasteiger charge is 2.05. The summed E-state index contributed by atoms with van der Waals surface area (Å²) >= 11 is 0. The van der Waals surface area contributed by atoms with Crippen LogP contribution >= 0.6 is 0 Å². The van der Waals surface area contributed by atoms with Crippen LogP contribution in [0, 0.1) is 0 Å². The molecule has 0 saturated carbocycles. The Morgan fingerprint density at radius 3 is 2.43 bits per heavy atom. The first-order valence-electron chi connectivity index (χ1n) is 5.48. The normalized spacial score (nSPS) is 12.7. The van der Waals surface area contributed by atoms with Crippen molar-refractivity contribution in [2.45, 2.75) is 38.7 Å². The van der Waals surface area contributed by atoms with E-state index in [1.165, 1.54) is 18.3 Å². The van der Waals surface area contributed by atoms with E-state index in [1.54, 1.807) is 0 Å². The van der Waals surface area contributed by atoms with Gasteiger partial charge in [-0.2, -0.15) is 0 Å². The summed E-state index contributed by atoms with van der Waals surface area (Å²) in [6, 6.07) is 8.15. The van der Waals surface area contributed by atoms with Crippen LogP contribution in [0.2, 0.25) is 0 Å². The lowest BCUT2D eigenvalue weighted by Gasteiger charge is -2.10. The first-order chi connectivity index (χ1) is 6.74. The molecule has 0 aromatic heterocycles. The second kappa shape index (κ2) is 5.87. The predicted molar refractivity (Wildman–Crippen MR) is 63.7 cm³/mol. The molecule has 0 heterocycles. The summed E-state index contributed by atoms with van der Waals surface area (Å²) < 4.78 is 0. The standard InChI is InChI=1S/C12H19BO/c1-2-3-4-5-12(14)10-6-8-11(13)9-7-10/h6-9,12,14H,2-5,13H2,1H3/t12-/m0/s1. The van der Waals surface area contributed by atoms with Gasteiger partial charge in [-0.25, -0.2) is 0 Å². The van der Waals surface area contributed by atoms with E-state index in [4.69, 9.17) is 0 Å². The fourth-order valence-corrected chi connectivity index (χ4v) is 1.54. The SMILES string of the molecule is Bc1ccc([C@@H](O)CCCCC)cc1. The molecule has 1 rings (SSSR count). The number of rotatable bonds is 5. The highest BCUT2D eigenvalue weighted by molar-refractivity contribution is 6.32. The molecule has 0 unspecified atom stereocenters. The molecule has 0 bridgehead atoms. The van der Waals surface area contributed by atoms with Crippen LogP contribution in [0.25, 0.3) is 0 Å². The highest BCUT2D eigenvalue weighted by atomic mass is 16.3. The van der Waals surface area contributed by atoms with Gasteiger partial charge < -0.3 is 5.11 Å². The van der Waals surface area contributed by atoms with Crippen molar-refractivity contribution in [3.8, 4) is 0 Å². The first-order valence-corrected chi connectivity index (χ1v) is 5.48. The molecule has 1 nitrogen and oxygen atoms in total. The maximum Gasteiger partial charge on any atom is 0.139 e. The van der Waals surface area contributed by atoms with E-state index in [0.717, 1.165) is 18.4 Å². The molecule has 1 atom stereocenters. The first kappa shape index (κ1) is 11.3. The summed E-state index contributed by atoms with van der Waals surface area (Å²) in [7, 11) is 2.06. The molecule has 1 aromatic carbocycles. The van der Waals surface area contributed by atoms with Gasteiger partial charge in [0.15, 0.2) is 0 Å². The van der Waals surface area contributed by atoms with E-state index in [9.17, 15) is 5.11 Å². The molecule has 2 heteroatoms. The molecule has 0 radical (unpaired) electrons. The van der Waals surface area contributed by atoms with E-state index in [2.05, 4.69) is 26.9 Å². The topological polar surface area (TPSA) is 20.2 Å². The van der Waals surface area contributed by atoms with E-state index in [0.29, 0.717) is 0 Å². The molecular weight excluding hydrogens is 171 g/mol. The van der Waals surface area contributed by atoms with Crippen LogP contribution in [0.15, 0.2) is 24.3 Å². The van der Waals surface area contributed by atoms with Crippen LogP contribution in [-0.2, 0) is 0 Å². The van der Waals surface area contributed by atoms with Gasteiger partial charge in [0, 0.05) is 0 Å². The van der Waals surface area contributed by atoms with Crippen molar-refractivity contribution in [3.05, 3.63) is 29.8 Å². The van der Waals surface area contributed by atoms with Crippen molar-refractivity contribution in [3.63, 3.8) is 0 Å². The van der Waals surface area contributed by atoms with E-state index >= 15 is 0 Å². The average molecular weight is 190 g/mol. The number of benzene rings is 1. The Morgan fingerprint density at radius 1 is 1.21 bits per heavy atom. The second-order valence-corrected chi connectivity index (χ2v) is 3.92. The molecular formula is C12H19BO. The van der Waals surface area contributed by atoms with Gasteiger partial charge in [-0.05, 0) is 12.0 Å². The zero-order valence-electron chi connectivity index (χ0n) is 9.16. The van der Waals surface area contributed by atoms with Crippen molar-refractivity contribution < 1.29 is 5.11 Å². The Bertz CT molecular complexity index is 256. The number of hydrogen-bond donors (Lipinski definition) is 1. The van der Waals surface area contributed by atoms with E-state index in [1.807, 2.05) is 12.1 Å². The molecule has 0 aliphatic rings. The quantitative estimate of drug-likeness (QED) is 0.551. The largest absolute Gasteiger partial charge is 0.388 e. The lowest BCUT2D eigenvalue weighted by atomic mass is 9.93. The minimum Gasteiger partial charge on any atom is -0.388 e. The fourth-order valence-electron chi connectivity index (χ4n) is 1.54. The number of hydrogen-bond acceptors (Lipinski definition) is 1. The molecule has 0 spiro atoms. The number of aliphatic hydroxyl groups is 1. The molecule has 0 aliphatic heterocycles. The summed E-state index contributed by atoms with van der Waals surface area (Å²) in [5.41, 5.74) is 2.29. The molecule has 76 valence electrons. The third-order valence-corrected chi connectivity index (χ3v) is 2.54. The summed E-state index contributed by atoms with van der Waals surface area (Å²) in [5, 5.41) is 9.84. The maximum atomic E-state index is 9.84. The van der Waals surface area contributed by atoms with Gasteiger partial charge in [-0.15, -0.1) is 0 Å². The molecule has 1 N–H and O–H groups in total. The van der Waals surface area contributed by atoms with E-state index in [-0.39, 0.29) is 6.10 Å². The van der Waals surface area contributed by atoms with Gasteiger partial charge in [-0.1, -0.05) is 55.9 Å². The maximum absolute atomic E-state index is 9.84. The summed E-state index contributed by atoms with van der Waals surface area (Å²) in [5.74, 6) is 0. The molecule has 0 amide bonds. The third-order valence-electron chi connectivity index (χ3n) is 2.54. The molecule has 14 heavy (non-hydrogen) atoms. The molecule has 1 aromatic rings. The van der Waals surface area contributed by atoms with Crippen molar-refractivity contribution in [1.29, 1.82) is 0 Å². The van der Waals surface area contributed by atoms with Crippen LogP contribution in [0.5, 0.6) is 0 Å². The number of unbranched alkanes of at least 4 members (excludes halogenated alkanes) is 2. The average Bonchev–Trinajstić information content (AvgIpc) is 2.19. The molecule has 0 aliphatic carbocycles. The lowest BCUT2D eigenvalue weighted by molar-refractivity contribution is 0.163. The Labute approximate surface area is 87.6 Å². The third kappa shape index (κ3) is 3.55. The van der Waals surface area contributed by atoms with Gasteiger partial charge in [0.1, 0.15) is 7.85 Å². The van der Waals surface area contributed by atoms with Crippen LogP contribution in [0.1, 0.15) is 44.3 Å². The van der Waals surface area contributed by atoms with Crippen molar-refractivity contribution in [2.75, 3.05) is 0 Å². The minimum atomic E-state index is -0.276. The molecule has 0 fully saturated rings. The highest BCUT2D eigenvalue weighted by Crippen LogP contribution is 2.18. The predicted octanol–water partition coefficient (Wildman–Crippen LogP) is 1.56. The van der Waals surface area contributed by atoms with Gasteiger partial charge in [0.2, 0.25) is 0 Å². The van der Waals surface area contributed by atoms with Crippen LogP contribution in [-0.4, -0.2) is 13.0 Å². The fraction of sp³-hybridized carbons (Fsp3) is 0.500. The Morgan fingerprint density at radius 2 is 1.86 bits per heavy atom. The lowest BCUT2D eigenvalue weighted by Crippen LogP contribution is -2.03. The van der Waals surface area contributed by atoms with Crippen LogP contribution in [0.3, 0.4) is 0 Å². The minimum absolute atomic E-state index is 0.276. The molecule has 0 saturated heterocycles. The Kier molecular flexibility index (Phi) is 4.74. The van der Waals surface area contributed by atoms with Crippen molar-refractivity contribution in [1.82, 2.24) is 0 Å². The van der Waals surface area contributed by atoms with Crippen molar-refractivity contribution >= 4 is 13.3 Å². The van der Waals surface area contributed by atoms with Crippen LogP contribution < -0.4 is 5.46 Å². The van der Waals surface area contributed by atoms with Crippen molar-refractivity contribution in [2.24, 2.45) is 0 Å². The second-order valence-electron chi connectivity index (χ2n) is 3.92. The monoisotopic (exact) mass is 190 g/mol. The summed E-state index contributed by atoms with van der Waals surface area (Å²) in [6.07, 6.45) is 4.15. The van der Waals surface area contributed by atoms with Gasteiger partial charge in [0.25, 0.3) is 0 Å². The zero-order valence-corrected chi connectivity index (χ0v) is 9.16. The van der Waals surface area contributed by atoms with E-state index < -0.39 is 0 Å². The zero-order chi connectivity index (χ0) is 10.4. The van der Waals surface area contributed by atoms with Gasteiger partial charge >= 0.3 is 0 Å². The number of aliphatic hydroxyl groups excluding tert-OH is 1. The summed E-state index contributed by atoms with van der Waals surface area (Å²) in [6.45, 7) is 2.18. The summed E-state index contributed by atoms with van der Waals surface area (Å²) in [4.78, 5) is 0. The van der Waals surface area contributed by atoms with Crippen LogP contribution in [0.4, 0.5) is 0 Å². The van der Waals surface area contributed by atoms with Gasteiger partial charge in [-0.3, -0.25) is 0 Å². The van der Waals surface area contributed by atoms with Gasteiger partial charge in [0.05, 0.1) is 6.10 Å².